The van der Waals surface area contributed by atoms with E-state index in [1.54, 1.807) is 14.1 Å². The van der Waals surface area contributed by atoms with Crippen LogP contribution in [-0.4, -0.2) is 81.3 Å². The summed E-state index contributed by atoms with van der Waals surface area (Å²) in [7, 11) is 3.34. The number of aromatic nitrogens is 4. The van der Waals surface area contributed by atoms with Crippen molar-refractivity contribution in [3.63, 3.8) is 0 Å². The first-order valence-corrected chi connectivity index (χ1v) is 17.6. The fourth-order valence-corrected chi connectivity index (χ4v) is 8.60. The van der Waals surface area contributed by atoms with Gasteiger partial charge in [0.05, 0.1) is 46.8 Å². The molecule has 0 aliphatic carbocycles. The summed E-state index contributed by atoms with van der Waals surface area (Å²) in [5.41, 5.74) is 7.35. The van der Waals surface area contributed by atoms with Crippen LogP contribution in [0.3, 0.4) is 0 Å². The van der Waals surface area contributed by atoms with E-state index < -0.39 is 34.5 Å². The molecule has 3 atom stereocenters. The highest BCUT2D eigenvalue weighted by molar-refractivity contribution is 6.31. The van der Waals surface area contributed by atoms with E-state index in [1.807, 2.05) is 16.5 Å². The zero-order valence-corrected chi connectivity index (χ0v) is 29.8. The first kappa shape index (κ1) is 36.3. The second-order valence-electron chi connectivity index (χ2n) is 14.3. The van der Waals surface area contributed by atoms with Crippen LogP contribution in [0.2, 0.25) is 5.02 Å². The van der Waals surface area contributed by atoms with Crippen LogP contribution < -0.4 is 15.4 Å². The van der Waals surface area contributed by atoms with E-state index in [9.17, 15) is 26.7 Å². The smallest absolute Gasteiger partial charge is 0.418 e. The number of benzene rings is 1. The Morgan fingerprint density at radius 2 is 1.98 bits per heavy atom. The van der Waals surface area contributed by atoms with Gasteiger partial charge in [0.15, 0.2) is 5.69 Å². The lowest BCUT2D eigenvalue weighted by Gasteiger charge is -2.33. The summed E-state index contributed by atoms with van der Waals surface area (Å²) in [5, 5.41) is 4.10. The molecule has 0 saturated carbocycles. The van der Waals surface area contributed by atoms with E-state index in [4.69, 9.17) is 36.8 Å². The number of nitrogens with zero attached hydrogens (tertiary/aromatic N) is 7. The van der Waals surface area contributed by atoms with Crippen molar-refractivity contribution in [3.05, 3.63) is 68.6 Å². The molecule has 3 aromatic rings. The van der Waals surface area contributed by atoms with Gasteiger partial charge in [-0.25, -0.2) is 0 Å². The third-order valence-corrected chi connectivity index (χ3v) is 11.0. The minimum Gasteiger partial charge on any atom is -0.461 e. The van der Waals surface area contributed by atoms with Crippen molar-refractivity contribution in [1.82, 2.24) is 29.5 Å². The standard InChI is InChI=1S/C35H40ClF5N8O3/c1-19-26-16-47(7-5-9-49(26)45-30(19)32(50)46(2)3)31-23-17-51-27(22-11-21(42)12-24(36)29(22)35(39,40)41)13-25(23)43-33(44-31)52-18-34-6-4-8-48(34)15-20(14-34)10-28(37)38/h10-12,20,27H,4-9,13-18,42H2,1-3H3/t20-,27?,34+/m0/s1. The van der Waals surface area contributed by atoms with Crippen LogP contribution in [0.5, 0.6) is 6.01 Å². The topological polar surface area (TPSA) is 115 Å². The van der Waals surface area contributed by atoms with Crippen molar-refractivity contribution in [2.24, 2.45) is 5.92 Å². The molecule has 4 aliphatic rings. The van der Waals surface area contributed by atoms with Gasteiger partial charge in [0.1, 0.15) is 12.4 Å². The molecule has 1 aromatic carbocycles. The highest BCUT2D eigenvalue weighted by Gasteiger charge is 2.49. The minimum atomic E-state index is -4.76. The Hall–Kier alpha value is -4.02. The third kappa shape index (κ3) is 6.80. The maximum Gasteiger partial charge on any atom is 0.418 e. The van der Waals surface area contributed by atoms with Crippen LogP contribution >= 0.6 is 11.6 Å². The number of halogens is 6. The number of anilines is 2. The second-order valence-corrected chi connectivity index (χ2v) is 14.7. The molecule has 0 radical (unpaired) electrons. The van der Waals surface area contributed by atoms with E-state index in [1.165, 1.54) is 11.0 Å². The van der Waals surface area contributed by atoms with Crippen molar-refractivity contribution >= 4 is 29.0 Å². The van der Waals surface area contributed by atoms with Crippen molar-refractivity contribution in [2.45, 2.75) is 76.5 Å². The minimum absolute atomic E-state index is 0.0332. The van der Waals surface area contributed by atoms with Gasteiger partial charge in [-0.15, -0.1) is 0 Å². The summed E-state index contributed by atoms with van der Waals surface area (Å²) in [4.78, 5) is 28.2. The summed E-state index contributed by atoms with van der Waals surface area (Å²) in [6.07, 6.45) is -3.75. The van der Waals surface area contributed by atoms with E-state index in [2.05, 4.69) is 10.00 Å². The van der Waals surface area contributed by atoms with Gasteiger partial charge in [-0.3, -0.25) is 14.4 Å². The van der Waals surface area contributed by atoms with Gasteiger partial charge >= 0.3 is 12.2 Å². The molecule has 17 heteroatoms. The van der Waals surface area contributed by atoms with Gasteiger partial charge in [0.25, 0.3) is 12.0 Å². The maximum absolute atomic E-state index is 14.3. The largest absolute Gasteiger partial charge is 0.461 e. The van der Waals surface area contributed by atoms with Crippen molar-refractivity contribution in [3.8, 4) is 6.01 Å². The molecular formula is C35H40ClF5N8O3. The monoisotopic (exact) mass is 750 g/mol. The average Bonchev–Trinajstić information content (AvgIpc) is 3.64. The average molecular weight is 751 g/mol. The normalized spacial score (nSPS) is 23.1. The first-order valence-electron chi connectivity index (χ1n) is 17.2. The number of aryl methyl sites for hydroxylation is 1. The lowest BCUT2D eigenvalue weighted by atomic mass is 9.91. The molecule has 280 valence electrons. The number of hydrogen-bond acceptors (Lipinski definition) is 9. The summed E-state index contributed by atoms with van der Waals surface area (Å²) in [6, 6.07) is 2.33. The number of amides is 1. The van der Waals surface area contributed by atoms with Crippen LogP contribution in [0.1, 0.15) is 75.9 Å². The molecule has 7 rings (SSSR count). The summed E-state index contributed by atoms with van der Waals surface area (Å²) < 4.78 is 83.6. The van der Waals surface area contributed by atoms with Gasteiger partial charge < -0.3 is 25.0 Å². The number of fused-ring (bicyclic) bond motifs is 3. The molecular weight excluding hydrogens is 711 g/mol. The Bertz CT molecular complexity index is 1920. The number of carbonyl (C=O) groups excluding carboxylic acids is 1. The molecule has 2 N–H and O–H groups in total. The fourth-order valence-electron chi connectivity index (χ4n) is 8.25. The summed E-state index contributed by atoms with van der Waals surface area (Å²) in [6.45, 7) is 4.64. The number of nitrogen functional groups attached to an aromatic ring is 1. The summed E-state index contributed by atoms with van der Waals surface area (Å²) in [5.74, 6) is -0.0188. The van der Waals surface area contributed by atoms with Crippen LogP contribution in [0.15, 0.2) is 24.3 Å². The molecule has 0 spiro atoms. The van der Waals surface area contributed by atoms with Gasteiger partial charge in [0.2, 0.25) is 0 Å². The van der Waals surface area contributed by atoms with E-state index in [0.717, 1.165) is 42.8 Å². The predicted molar refractivity (Wildman–Crippen MR) is 182 cm³/mol. The number of alkyl halides is 3. The molecule has 2 fully saturated rings. The zero-order chi connectivity index (χ0) is 37.1. The Morgan fingerprint density at radius 3 is 2.71 bits per heavy atom. The summed E-state index contributed by atoms with van der Waals surface area (Å²) >= 11 is 6.10. The van der Waals surface area contributed by atoms with Gasteiger partial charge in [-0.2, -0.15) is 37.0 Å². The number of rotatable bonds is 7. The van der Waals surface area contributed by atoms with Crippen LogP contribution in [-0.2, 0) is 37.0 Å². The Labute approximate surface area is 302 Å². The van der Waals surface area contributed by atoms with Crippen molar-refractivity contribution in [2.75, 3.05) is 51.0 Å². The lowest BCUT2D eigenvalue weighted by Crippen LogP contribution is -2.43. The van der Waals surface area contributed by atoms with Crippen LogP contribution in [0.4, 0.5) is 33.5 Å². The highest BCUT2D eigenvalue weighted by Crippen LogP contribution is 2.46. The Balaban J connectivity index is 1.26. The fraction of sp³-hybridized carbons (Fsp3) is 0.543. The van der Waals surface area contributed by atoms with Crippen LogP contribution in [0, 0.1) is 12.8 Å². The molecule has 4 aliphatic heterocycles. The molecule has 52 heavy (non-hydrogen) atoms. The van der Waals surface area contributed by atoms with Crippen LogP contribution in [0.25, 0.3) is 0 Å². The molecule has 1 amide bonds. The molecule has 6 heterocycles. The maximum atomic E-state index is 14.3. The van der Waals surface area contributed by atoms with Crippen molar-refractivity contribution in [1.29, 1.82) is 0 Å². The Morgan fingerprint density at radius 1 is 1.19 bits per heavy atom. The SMILES string of the molecule is Cc1c(C(=O)N(C)C)nn2c1CN(c1nc(OC[C@]34CCCN3C[C@@H](C=C(F)F)C4)nc3c1COC(c1cc(N)cc(Cl)c1C(F)(F)F)C3)CCC2. The number of hydrogen-bond donors (Lipinski definition) is 1. The highest BCUT2D eigenvalue weighted by atomic mass is 35.5. The number of carbonyl (C=O) groups is 1. The Kier molecular flexibility index (Phi) is 9.61. The molecule has 1 unspecified atom stereocenters. The molecule has 0 bridgehead atoms. The quantitative estimate of drug-likeness (QED) is 0.224. The molecule has 11 nitrogen and oxygen atoms in total. The number of ether oxygens (including phenoxy) is 2. The third-order valence-electron chi connectivity index (χ3n) is 10.7. The zero-order valence-electron chi connectivity index (χ0n) is 29.1. The number of nitrogens with two attached hydrogens (primary N) is 1. The first-order chi connectivity index (χ1) is 24.6. The van der Waals surface area contributed by atoms with E-state index in [-0.39, 0.29) is 48.7 Å². The molecule has 2 saturated heterocycles. The lowest BCUT2D eigenvalue weighted by molar-refractivity contribution is -0.139. The van der Waals surface area contributed by atoms with Gasteiger partial charge in [0, 0.05) is 57.0 Å². The van der Waals surface area contributed by atoms with E-state index in [0.29, 0.717) is 61.8 Å². The predicted octanol–water partition coefficient (Wildman–Crippen LogP) is 6.18. The van der Waals surface area contributed by atoms with Crippen molar-refractivity contribution < 1.29 is 36.2 Å². The van der Waals surface area contributed by atoms with E-state index >= 15 is 0 Å². The second kappa shape index (κ2) is 13.8. The molecule has 2 aromatic heterocycles. The van der Waals surface area contributed by atoms with Gasteiger partial charge in [-0.1, -0.05) is 11.6 Å². The van der Waals surface area contributed by atoms with Gasteiger partial charge in [-0.05, 0) is 68.8 Å².